The minimum Gasteiger partial charge on any atom is -0.394 e. The van der Waals surface area contributed by atoms with Gasteiger partial charge in [0.15, 0.2) is 5.78 Å². The molecule has 6 N–H and O–H groups in total. The van der Waals surface area contributed by atoms with Crippen LogP contribution in [0.5, 0.6) is 0 Å². The summed E-state index contributed by atoms with van der Waals surface area (Å²) < 4.78 is 11.7. The van der Waals surface area contributed by atoms with Crippen LogP contribution in [0.15, 0.2) is 0 Å². The predicted molar refractivity (Wildman–Crippen MR) is 47.6 cm³/mol. The van der Waals surface area contributed by atoms with Crippen LogP contribution < -0.4 is 5.73 Å². The fraction of sp³-hybridized carbons (Fsp3) is 0.875. The molecule has 7 nitrogen and oxygen atoms in total. The van der Waals surface area contributed by atoms with Crippen LogP contribution in [-0.2, 0) is 9.53 Å². The summed E-state index contributed by atoms with van der Waals surface area (Å²) in [6.07, 6.45) is -4.93. The number of aliphatic hydroxyl groups excluding tert-OH is 3. The van der Waals surface area contributed by atoms with Crippen molar-refractivity contribution in [3.63, 3.8) is 0 Å². The highest BCUT2D eigenvalue weighted by Crippen LogP contribution is 2.27. The highest BCUT2D eigenvalue weighted by molar-refractivity contribution is 5.84. The van der Waals surface area contributed by atoms with E-state index in [1.165, 1.54) is 0 Å². The van der Waals surface area contributed by atoms with Crippen LogP contribution in [-0.4, -0.2) is 62.9 Å². The van der Waals surface area contributed by atoms with Crippen LogP contribution in [0.3, 0.4) is 0 Å². The summed E-state index contributed by atoms with van der Waals surface area (Å²) in [6, 6.07) is -1.55. The number of carbonyl (C=O) groups excluding carboxylic acids is 1. The van der Waals surface area contributed by atoms with Gasteiger partial charge in [0.2, 0.25) is 5.79 Å². The van der Waals surface area contributed by atoms with Crippen molar-refractivity contribution >= 4 is 5.78 Å². The maximum absolute atomic E-state index is 11.2. The summed E-state index contributed by atoms with van der Waals surface area (Å²) in [7, 11) is 0. The molecule has 88 valence electrons. The molecule has 1 rings (SSSR count). The minimum absolute atomic E-state index is 0.878. The zero-order valence-electron chi connectivity index (χ0n) is 9.07. The lowest BCUT2D eigenvalue weighted by Gasteiger charge is -2.44. The molecule has 0 aliphatic carbocycles. The summed E-state index contributed by atoms with van der Waals surface area (Å²) >= 11 is 0. The summed E-state index contributed by atoms with van der Waals surface area (Å²) in [6.45, 7) is -0.930. The molecule has 6 atom stereocenters. The van der Waals surface area contributed by atoms with Crippen molar-refractivity contribution in [2.75, 3.05) is 6.58 Å². The van der Waals surface area contributed by atoms with E-state index >= 15 is 0 Å². The maximum Gasteiger partial charge on any atom is 0.244 e. The Morgan fingerprint density at radius 3 is 2.53 bits per heavy atom. The van der Waals surface area contributed by atoms with Crippen LogP contribution >= 0.6 is 0 Å². The molecule has 0 aromatic carbocycles. The molecule has 0 saturated carbocycles. The standard InChI is InChI=1S/C8H15NO6/c1-3(11)8(14)7(9)6(13)5(12)4(2-10)15-8/h4-7,10,12-14H,2,9H2,1H3/t4-,5-,6+,7-,8?/m1/s1/i2D/t2?,4-,5-,6+,7-,8?. The van der Waals surface area contributed by atoms with E-state index in [1.807, 2.05) is 0 Å². The first-order chi connectivity index (χ1) is 7.21. The SMILES string of the molecule is [2H]C(O)[C@H]1OC(O)(C(C)=O)[C@H](N)[C@@H](O)[C@@H]1O. The Morgan fingerprint density at radius 1 is 1.60 bits per heavy atom. The lowest BCUT2D eigenvalue weighted by molar-refractivity contribution is -0.296. The number of ketones is 1. The number of hydrogen-bond acceptors (Lipinski definition) is 7. The van der Waals surface area contributed by atoms with Gasteiger partial charge < -0.3 is 30.9 Å². The zero-order chi connectivity index (χ0) is 12.7. The van der Waals surface area contributed by atoms with Crippen LogP contribution in [0.2, 0.25) is 0 Å². The summed E-state index contributed by atoms with van der Waals surface area (Å²) in [5.41, 5.74) is 5.36. The van der Waals surface area contributed by atoms with Crippen molar-refractivity contribution in [3.05, 3.63) is 0 Å². The summed E-state index contributed by atoms with van der Waals surface area (Å²) in [4.78, 5) is 11.2. The smallest absolute Gasteiger partial charge is 0.244 e. The fourth-order valence-electron chi connectivity index (χ4n) is 1.43. The molecule has 1 fully saturated rings. The lowest BCUT2D eigenvalue weighted by atomic mass is 9.89. The maximum atomic E-state index is 11.2. The number of Topliss-reactive ketones (excluding diaryl/α,β-unsaturated/α-hetero) is 1. The van der Waals surface area contributed by atoms with Crippen molar-refractivity contribution in [1.29, 1.82) is 0 Å². The molecule has 1 heterocycles. The first-order valence-corrected chi connectivity index (χ1v) is 4.35. The Hall–Kier alpha value is -0.570. The molecule has 0 aromatic heterocycles. The highest BCUT2D eigenvalue weighted by atomic mass is 16.7. The van der Waals surface area contributed by atoms with Gasteiger partial charge in [-0.15, -0.1) is 0 Å². The molecular weight excluding hydrogens is 206 g/mol. The van der Waals surface area contributed by atoms with Gasteiger partial charge in [-0.25, -0.2) is 0 Å². The molecule has 0 radical (unpaired) electrons. The number of nitrogens with two attached hydrogens (primary N) is 1. The van der Waals surface area contributed by atoms with Gasteiger partial charge in [-0.1, -0.05) is 0 Å². The number of ether oxygens (including phenoxy) is 1. The molecule has 1 aliphatic rings. The van der Waals surface area contributed by atoms with Gasteiger partial charge in [0.25, 0.3) is 0 Å². The molecule has 1 saturated heterocycles. The molecular formula is C8H15NO6. The van der Waals surface area contributed by atoms with Crippen LogP contribution in [0.4, 0.5) is 0 Å². The Kier molecular flexibility index (Phi) is 3.01. The largest absolute Gasteiger partial charge is 0.394 e. The van der Waals surface area contributed by atoms with Crippen molar-refractivity contribution < 1.29 is 31.3 Å². The van der Waals surface area contributed by atoms with Crippen molar-refractivity contribution in [1.82, 2.24) is 0 Å². The van der Waals surface area contributed by atoms with Gasteiger partial charge in [-0.05, 0) is 0 Å². The Labute approximate surface area is 87.5 Å². The summed E-state index contributed by atoms with van der Waals surface area (Å²) in [5.74, 6) is -3.39. The first kappa shape index (κ1) is 10.9. The number of hydrogen-bond donors (Lipinski definition) is 5. The van der Waals surface area contributed by atoms with E-state index in [4.69, 9.17) is 16.9 Å². The normalized spacial score (nSPS) is 49.6. The van der Waals surface area contributed by atoms with Crippen LogP contribution in [0.1, 0.15) is 8.29 Å². The molecule has 0 bridgehead atoms. The third-order valence-electron chi connectivity index (χ3n) is 2.47. The molecule has 15 heavy (non-hydrogen) atoms. The molecule has 2 unspecified atom stereocenters. The van der Waals surface area contributed by atoms with Crippen molar-refractivity contribution in [2.45, 2.75) is 37.1 Å². The minimum atomic E-state index is -2.51. The first-order valence-electron chi connectivity index (χ1n) is 4.92. The van der Waals surface area contributed by atoms with E-state index in [0.29, 0.717) is 0 Å². The molecule has 0 aromatic rings. The van der Waals surface area contributed by atoms with Gasteiger partial charge in [0.05, 0.1) is 14.0 Å². The van der Waals surface area contributed by atoms with E-state index in [-0.39, 0.29) is 0 Å². The predicted octanol–water partition coefficient (Wildman–Crippen LogP) is -3.30. The number of aliphatic hydroxyl groups is 4. The number of rotatable bonds is 2. The van der Waals surface area contributed by atoms with Gasteiger partial charge in [0.1, 0.15) is 18.3 Å². The lowest BCUT2D eigenvalue weighted by Crippen LogP contribution is -2.70. The third-order valence-corrected chi connectivity index (χ3v) is 2.47. The van der Waals surface area contributed by atoms with E-state index in [0.717, 1.165) is 6.92 Å². The molecule has 7 heteroatoms. The Morgan fingerprint density at radius 2 is 2.13 bits per heavy atom. The van der Waals surface area contributed by atoms with Crippen LogP contribution in [0.25, 0.3) is 0 Å². The van der Waals surface area contributed by atoms with Gasteiger partial charge in [-0.2, -0.15) is 0 Å². The second kappa shape index (κ2) is 4.12. The monoisotopic (exact) mass is 222 g/mol. The molecule has 0 spiro atoms. The Balaban J connectivity index is 3.03. The Bertz CT molecular complexity index is 288. The van der Waals surface area contributed by atoms with E-state index in [2.05, 4.69) is 0 Å². The quantitative estimate of drug-likeness (QED) is 0.330. The second-order valence-electron chi connectivity index (χ2n) is 3.49. The van der Waals surface area contributed by atoms with Crippen LogP contribution in [0, 0.1) is 0 Å². The van der Waals surface area contributed by atoms with E-state index in [9.17, 15) is 20.1 Å². The fourth-order valence-corrected chi connectivity index (χ4v) is 1.43. The molecule has 1 aliphatic heterocycles. The number of carbonyl (C=O) groups is 1. The summed E-state index contributed by atoms with van der Waals surface area (Å²) in [5, 5.41) is 37.7. The topological polar surface area (TPSA) is 133 Å². The van der Waals surface area contributed by atoms with Gasteiger partial charge in [0, 0.05) is 6.92 Å². The average molecular weight is 222 g/mol. The van der Waals surface area contributed by atoms with Crippen molar-refractivity contribution in [2.24, 2.45) is 5.73 Å². The average Bonchev–Trinajstić information content (AvgIpc) is 2.19. The third kappa shape index (κ3) is 1.89. The second-order valence-corrected chi connectivity index (χ2v) is 3.49. The zero-order valence-corrected chi connectivity index (χ0v) is 8.07. The van der Waals surface area contributed by atoms with Crippen molar-refractivity contribution in [3.8, 4) is 0 Å². The van der Waals surface area contributed by atoms with Gasteiger partial charge in [-0.3, -0.25) is 4.79 Å². The van der Waals surface area contributed by atoms with E-state index in [1.54, 1.807) is 0 Å². The highest BCUT2D eigenvalue weighted by Gasteiger charge is 2.54. The molecule has 0 amide bonds. The van der Waals surface area contributed by atoms with Gasteiger partial charge >= 0.3 is 0 Å². The van der Waals surface area contributed by atoms with E-state index < -0.39 is 42.5 Å².